The van der Waals surface area contributed by atoms with Gasteiger partial charge in [0.25, 0.3) is 5.91 Å². The zero-order valence-corrected chi connectivity index (χ0v) is 20.6. The molecule has 11 heteroatoms. The molecule has 196 valence electrons. The number of ketones is 2. The van der Waals surface area contributed by atoms with Gasteiger partial charge in [-0.1, -0.05) is 0 Å². The van der Waals surface area contributed by atoms with Crippen molar-refractivity contribution in [3.05, 3.63) is 45.7 Å². The normalized spacial score (nSPS) is 25.1. The molecule has 4 rings (SSSR count). The zero-order chi connectivity index (χ0) is 27.4. The molecule has 0 aliphatic heterocycles. The Morgan fingerprint density at radius 3 is 2.49 bits per heavy atom. The van der Waals surface area contributed by atoms with Gasteiger partial charge in [0.05, 0.1) is 12.2 Å². The van der Waals surface area contributed by atoms with Gasteiger partial charge in [-0.3, -0.25) is 14.4 Å². The maximum absolute atomic E-state index is 13.6. The number of benzene rings is 1. The molecule has 37 heavy (non-hydrogen) atoms. The number of aliphatic hydroxyl groups excluding tert-OH is 2. The van der Waals surface area contributed by atoms with Crippen LogP contribution in [0.5, 0.6) is 5.75 Å². The van der Waals surface area contributed by atoms with Crippen LogP contribution in [0, 0.1) is 11.8 Å². The molecule has 3 aliphatic rings. The van der Waals surface area contributed by atoms with Gasteiger partial charge in [0.1, 0.15) is 22.8 Å². The lowest BCUT2D eigenvalue weighted by atomic mass is 9.59. The van der Waals surface area contributed by atoms with Crippen molar-refractivity contribution in [3.63, 3.8) is 0 Å². The molecule has 0 heterocycles. The Hall–Kier alpha value is -4.12. The molecule has 6 N–H and O–H groups in total. The number of aliphatic hydroxyl groups is 3. The minimum absolute atomic E-state index is 0.0427. The summed E-state index contributed by atoms with van der Waals surface area (Å²) in [4.78, 5) is 51.4. The molecule has 11 nitrogen and oxygen atoms in total. The molecule has 1 fully saturated rings. The van der Waals surface area contributed by atoms with Gasteiger partial charge in [0.15, 0.2) is 11.4 Å². The minimum atomic E-state index is -2.63. The van der Waals surface area contributed by atoms with Gasteiger partial charge in [-0.25, -0.2) is 4.79 Å². The average molecular weight is 513 g/mol. The smallest absolute Gasteiger partial charge is 0.330 e. The third-order valence-corrected chi connectivity index (χ3v) is 7.24. The van der Waals surface area contributed by atoms with E-state index < -0.39 is 63.7 Å². The summed E-state index contributed by atoms with van der Waals surface area (Å²) in [6, 6.07) is 1.63. The van der Waals surface area contributed by atoms with E-state index in [1.165, 1.54) is 6.08 Å². The second-order valence-corrected chi connectivity index (χ2v) is 9.57. The highest BCUT2D eigenvalue weighted by Crippen LogP contribution is 2.53. The Morgan fingerprint density at radius 1 is 1.22 bits per heavy atom. The number of hydrogen-bond acceptors (Lipinski definition) is 10. The largest absolute Gasteiger partial charge is 0.508 e. The monoisotopic (exact) mass is 512 g/mol. The molecule has 1 amide bonds. The highest BCUT2D eigenvalue weighted by Gasteiger charge is 2.60. The Morgan fingerprint density at radius 2 is 1.89 bits per heavy atom. The molecule has 0 aromatic heterocycles. The standard InChI is InChI=1S/C26H28N2O9/c1-4-37-17(30)6-5-11-9-15(28(2)3)14-8-12-7-13-10-16(29)20(25(27)35)24(34)26(13,36)23(33)18(12)22(32)19(14)21(11)31/h5-6,9,12-13,31-32,34,36H,4,7-8,10H2,1-3H3,(H2,27,35)/b6-5+/t12-,13+,26+/m1/s1. The molecule has 1 aromatic rings. The first-order chi connectivity index (χ1) is 17.3. The summed E-state index contributed by atoms with van der Waals surface area (Å²) in [5, 5.41) is 44.4. The lowest BCUT2D eigenvalue weighted by molar-refractivity contribution is -0.147. The number of nitrogens with zero attached hydrogens (tertiary/aromatic N) is 1. The van der Waals surface area contributed by atoms with Crippen LogP contribution in [0.25, 0.3) is 11.8 Å². The lowest BCUT2D eigenvalue weighted by Gasteiger charge is -2.46. The van der Waals surface area contributed by atoms with Gasteiger partial charge >= 0.3 is 5.97 Å². The molecule has 3 atom stereocenters. The van der Waals surface area contributed by atoms with E-state index >= 15 is 0 Å². The maximum Gasteiger partial charge on any atom is 0.330 e. The predicted molar refractivity (Wildman–Crippen MR) is 131 cm³/mol. The second kappa shape index (κ2) is 9.07. The van der Waals surface area contributed by atoms with E-state index in [-0.39, 0.29) is 42.6 Å². The molecule has 3 aliphatic carbocycles. The van der Waals surface area contributed by atoms with Gasteiger partial charge in [-0.15, -0.1) is 0 Å². The summed E-state index contributed by atoms with van der Waals surface area (Å²) in [6.07, 6.45) is 2.27. The van der Waals surface area contributed by atoms with Crippen molar-refractivity contribution in [2.75, 3.05) is 25.6 Å². The topological polar surface area (TPSA) is 188 Å². The van der Waals surface area contributed by atoms with Crippen LogP contribution in [-0.2, 0) is 30.3 Å². The maximum atomic E-state index is 13.6. The van der Waals surface area contributed by atoms with Crippen LogP contribution in [0.1, 0.15) is 36.5 Å². The molecule has 0 spiro atoms. The molecule has 1 aromatic carbocycles. The number of ether oxygens (including phenoxy) is 1. The van der Waals surface area contributed by atoms with E-state index in [1.807, 2.05) is 0 Å². The number of nitrogens with two attached hydrogens (primary N) is 1. The fraction of sp³-hybridized carbons (Fsp3) is 0.385. The lowest BCUT2D eigenvalue weighted by Crippen LogP contribution is -2.58. The summed E-state index contributed by atoms with van der Waals surface area (Å²) in [6.45, 7) is 1.81. The highest BCUT2D eigenvalue weighted by molar-refractivity contribution is 6.22. The number of carbonyl (C=O) groups excluding carboxylic acids is 4. The summed E-state index contributed by atoms with van der Waals surface area (Å²) in [7, 11) is 3.50. The fourth-order valence-corrected chi connectivity index (χ4v) is 5.56. The molecular formula is C26H28N2O9. The Balaban J connectivity index is 1.92. The van der Waals surface area contributed by atoms with Crippen molar-refractivity contribution in [3.8, 4) is 5.75 Å². The van der Waals surface area contributed by atoms with Crippen molar-refractivity contribution >= 4 is 41.0 Å². The van der Waals surface area contributed by atoms with Crippen molar-refractivity contribution in [1.82, 2.24) is 0 Å². The molecule has 0 bridgehead atoms. The van der Waals surface area contributed by atoms with Crippen molar-refractivity contribution in [1.29, 1.82) is 0 Å². The van der Waals surface area contributed by atoms with Crippen LogP contribution >= 0.6 is 0 Å². The van der Waals surface area contributed by atoms with E-state index in [2.05, 4.69) is 0 Å². The fourth-order valence-electron chi connectivity index (χ4n) is 5.56. The number of carbonyl (C=O) groups is 4. The Bertz CT molecular complexity index is 1340. The van der Waals surface area contributed by atoms with Crippen molar-refractivity contribution in [2.24, 2.45) is 17.6 Å². The number of aromatic hydroxyl groups is 1. The number of amides is 1. The number of anilines is 1. The van der Waals surface area contributed by atoms with Gasteiger partial charge in [-0.2, -0.15) is 0 Å². The Labute approximate surface area is 212 Å². The number of rotatable bonds is 5. The van der Waals surface area contributed by atoms with Crippen LogP contribution in [-0.4, -0.2) is 70.2 Å². The van der Waals surface area contributed by atoms with Gasteiger partial charge in [-0.05, 0) is 43.4 Å². The summed E-state index contributed by atoms with van der Waals surface area (Å²) in [5.74, 6) is -7.55. The average Bonchev–Trinajstić information content (AvgIpc) is 2.80. The second-order valence-electron chi connectivity index (χ2n) is 9.57. The first kappa shape index (κ1) is 26.0. The third-order valence-electron chi connectivity index (χ3n) is 7.24. The number of phenols is 1. The van der Waals surface area contributed by atoms with E-state index in [9.17, 15) is 39.6 Å². The van der Waals surface area contributed by atoms with Crippen molar-refractivity contribution < 1.29 is 44.3 Å². The van der Waals surface area contributed by atoms with Gasteiger partial charge < -0.3 is 35.8 Å². The number of Topliss-reactive ketones (excluding diaryl/α,β-unsaturated/α-hetero) is 2. The zero-order valence-electron chi connectivity index (χ0n) is 20.6. The number of hydrogen-bond donors (Lipinski definition) is 5. The summed E-state index contributed by atoms with van der Waals surface area (Å²) < 4.78 is 4.87. The minimum Gasteiger partial charge on any atom is -0.508 e. The van der Waals surface area contributed by atoms with Crippen LogP contribution in [0.15, 0.2) is 29.0 Å². The first-order valence-corrected chi connectivity index (χ1v) is 11.7. The van der Waals surface area contributed by atoms with Crippen LogP contribution < -0.4 is 10.6 Å². The number of primary amides is 1. The van der Waals surface area contributed by atoms with Gasteiger partial charge in [0, 0.05) is 49.3 Å². The highest BCUT2D eigenvalue weighted by atomic mass is 16.5. The molecular weight excluding hydrogens is 484 g/mol. The van der Waals surface area contributed by atoms with E-state index in [0.29, 0.717) is 11.3 Å². The number of phenolic OH excluding ortho intramolecular Hbond substituents is 1. The SMILES string of the molecule is CCOC(=O)/C=C/c1cc(N(C)C)c2c(c1O)C(O)=C1C(=O)[C@]3(O)C(O)=C(C(N)=O)C(=O)C[C@@H]3C[C@@H]1C2. The quantitative estimate of drug-likeness (QED) is 0.217. The molecule has 0 radical (unpaired) electrons. The van der Waals surface area contributed by atoms with Crippen LogP contribution in [0.4, 0.5) is 5.69 Å². The predicted octanol–water partition coefficient (Wildman–Crippen LogP) is 1.07. The van der Waals surface area contributed by atoms with E-state index in [0.717, 1.165) is 6.08 Å². The summed E-state index contributed by atoms with van der Waals surface area (Å²) in [5.41, 5.74) is 2.75. The van der Waals surface area contributed by atoms with Gasteiger partial charge in [0.2, 0.25) is 5.78 Å². The molecule has 0 saturated heterocycles. The molecule has 0 unspecified atom stereocenters. The first-order valence-electron chi connectivity index (χ1n) is 11.7. The van der Waals surface area contributed by atoms with Crippen LogP contribution in [0.3, 0.4) is 0 Å². The number of fused-ring (bicyclic) bond motifs is 3. The summed E-state index contributed by atoms with van der Waals surface area (Å²) >= 11 is 0. The Kier molecular flexibility index (Phi) is 6.37. The number of esters is 1. The van der Waals surface area contributed by atoms with Crippen LogP contribution in [0.2, 0.25) is 0 Å². The molecule has 1 saturated carbocycles. The van der Waals surface area contributed by atoms with E-state index in [1.54, 1.807) is 32.0 Å². The van der Waals surface area contributed by atoms with E-state index in [4.69, 9.17) is 10.5 Å². The van der Waals surface area contributed by atoms with Crippen molar-refractivity contribution in [2.45, 2.75) is 31.8 Å². The third kappa shape index (κ3) is 3.86.